The van der Waals surface area contributed by atoms with E-state index in [1.165, 1.54) is 5.56 Å². The fraction of sp³-hybridized carbons (Fsp3) is 0.0714. The molecule has 4 heteroatoms. The summed E-state index contributed by atoms with van der Waals surface area (Å²) in [6.07, 6.45) is 3.81. The van der Waals surface area contributed by atoms with Gasteiger partial charge in [0.1, 0.15) is 0 Å². The number of hydrogen-bond acceptors (Lipinski definition) is 4. The van der Waals surface area contributed by atoms with E-state index in [-0.39, 0.29) is 0 Å². The van der Waals surface area contributed by atoms with Crippen molar-refractivity contribution in [2.45, 2.75) is 6.54 Å². The van der Waals surface area contributed by atoms with Crippen LogP contribution in [0.25, 0.3) is 5.70 Å². The fourth-order valence-corrected chi connectivity index (χ4v) is 1.87. The third-order valence-corrected chi connectivity index (χ3v) is 2.76. The molecule has 0 amide bonds. The van der Waals surface area contributed by atoms with Crippen molar-refractivity contribution >= 4 is 5.70 Å². The molecule has 1 aromatic heterocycles. The minimum Gasteiger partial charge on any atom is -0.300 e. The monoisotopic (exact) mass is 238 g/mol. The summed E-state index contributed by atoms with van der Waals surface area (Å²) in [4.78, 5) is 4.30. The number of rotatable bonds is 3. The summed E-state index contributed by atoms with van der Waals surface area (Å²) in [5.41, 5.74) is 9.39. The van der Waals surface area contributed by atoms with Crippen molar-refractivity contribution < 1.29 is 0 Å². The summed E-state index contributed by atoms with van der Waals surface area (Å²) in [5.74, 6) is 0. The molecular weight excluding hydrogens is 224 g/mol. The molecule has 3 rings (SSSR count). The van der Waals surface area contributed by atoms with E-state index in [1.807, 2.05) is 47.6 Å². The third-order valence-electron chi connectivity index (χ3n) is 2.76. The highest BCUT2D eigenvalue weighted by Crippen LogP contribution is 2.13. The Labute approximate surface area is 106 Å². The normalized spacial score (nSPS) is 14.2. The molecule has 2 N–H and O–H groups in total. The van der Waals surface area contributed by atoms with Gasteiger partial charge in [0.25, 0.3) is 0 Å². The first-order chi connectivity index (χ1) is 8.92. The molecule has 1 aliphatic rings. The van der Waals surface area contributed by atoms with Gasteiger partial charge in [-0.3, -0.25) is 9.99 Å². The topological polar surface area (TPSA) is 40.2 Å². The van der Waals surface area contributed by atoms with Crippen LogP contribution in [0.15, 0.2) is 60.9 Å². The molecule has 18 heavy (non-hydrogen) atoms. The van der Waals surface area contributed by atoms with Crippen LogP contribution >= 0.6 is 0 Å². The predicted molar refractivity (Wildman–Crippen MR) is 70.5 cm³/mol. The molecule has 0 saturated carbocycles. The maximum atomic E-state index is 4.30. The molecule has 1 aromatic carbocycles. The lowest BCUT2D eigenvalue weighted by Crippen LogP contribution is -2.35. The summed E-state index contributed by atoms with van der Waals surface area (Å²) in [7, 11) is 0. The minimum absolute atomic E-state index is 0.810. The molecule has 2 heterocycles. The number of hydrazine groups is 2. The van der Waals surface area contributed by atoms with Gasteiger partial charge in [-0.2, -0.15) is 0 Å². The van der Waals surface area contributed by atoms with Crippen molar-refractivity contribution in [3.05, 3.63) is 72.2 Å². The van der Waals surface area contributed by atoms with Gasteiger partial charge in [0, 0.05) is 12.4 Å². The van der Waals surface area contributed by atoms with Crippen molar-refractivity contribution in [3.63, 3.8) is 0 Å². The van der Waals surface area contributed by atoms with Crippen molar-refractivity contribution in [2.24, 2.45) is 0 Å². The van der Waals surface area contributed by atoms with Gasteiger partial charge in [0.15, 0.2) is 0 Å². The molecule has 2 aromatic rings. The Bertz CT molecular complexity index is 536. The molecule has 0 radical (unpaired) electrons. The Morgan fingerprint density at radius 2 is 1.83 bits per heavy atom. The van der Waals surface area contributed by atoms with Crippen LogP contribution < -0.4 is 11.0 Å². The van der Waals surface area contributed by atoms with E-state index in [0.29, 0.717) is 0 Å². The van der Waals surface area contributed by atoms with Gasteiger partial charge in [-0.25, -0.2) is 0 Å². The molecule has 90 valence electrons. The first-order valence-electron chi connectivity index (χ1n) is 5.87. The Kier molecular flexibility index (Phi) is 2.94. The van der Waals surface area contributed by atoms with E-state index in [9.17, 15) is 0 Å². The van der Waals surface area contributed by atoms with Gasteiger partial charge in [0.05, 0.1) is 17.9 Å². The van der Waals surface area contributed by atoms with Crippen LogP contribution in [-0.2, 0) is 6.54 Å². The smallest absolute Gasteiger partial charge is 0.0936 e. The number of pyridine rings is 1. The summed E-state index contributed by atoms with van der Waals surface area (Å²) in [6.45, 7) is 0.810. The highest BCUT2D eigenvalue weighted by atomic mass is 15.7. The molecule has 1 aliphatic heterocycles. The van der Waals surface area contributed by atoms with Crippen LogP contribution in [0.3, 0.4) is 0 Å². The summed E-state index contributed by atoms with van der Waals surface area (Å²) in [5, 5.41) is 2.00. The Morgan fingerprint density at radius 1 is 1.00 bits per heavy atom. The molecule has 0 saturated heterocycles. The molecule has 0 spiro atoms. The Hall–Kier alpha value is -2.33. The lowest BCUT2D eigenvalue weighted by molar-refractivity contribution is 0.265. The summed E-state index contributed by atoms with van der Waals surface area (Å²) < 4.78 is 0. The van der Waals surface area contributed by atoms with Crippen molar-refractivity contribution in [1.82, 2.24) is 21.0 Å². The van der Waals surface area contributed by atoms with Gasteiger partial charge >= 0.3 is 0 Å². The number of benzene rings is 1. The highest BCUT2D eigenvalue weighted by molar-refractivity contribution is 5.60. The Balaban J connectivity index is 1.73. The Morgan fingerprint density at radius 3 is 2.61 bits per heavy atom. The zero-order valence-corrected chi connectivity index (χ0v) is 9.88. The summed E-state index contributed by atoms with van der Waals surface area (Å²) in [6, 6.07) is 16.2. The second-order valence-electron chi connectivity index (χ2n) is 4.11. The molecule has 0 fully saturated rings. The van der Waals surface area contributed by atoms with E-state index >= 15 is 0 Å². The number of nitrogens with one attached hydrogen (secondary N) is 2. The van der Waals surface area contributed by atoms with Gasteiger partial charge < -0.3 is 5.43 Å². The maximum Gasteiger partial charge on any atom is 0.0936 e. The minimum atomic E-state index is 0.810. The van der Waals surface area contributed by atoms with Crippen molar-refractivity contribution in [1.29, 1.82) is 0 Å². The number of aromatic nitrogens is 1. The highest BCUT2D eigenvalue weighted by Gasteiger charge is 2.13. The van der Waals surface area contributed by atoms with E-state index in [2.05, 4.69) is 28.1 Å². The average molecular weight is 238 g/mol. The quantitative estimate of drug-likeness (QED) is 0.857. The van der Waals surface area contributed by atoms with Crippen LogP contribution in [0.4, 0.5) is 0 Å². The molecule has 0 bridgehead atoms. The first kappa shape index (κ1) is 10.8. The molecule has 0 atom stereocenters. The molecular formula is C14H14N4. The number of nitrogens with zero attached hydrogens (tertiary/aromatic N) is 2. The lowest BCUT2D eigenvalue weighted by Gasteiger charge is -2.14. The average Bonchev–Trinajstić information content (AvgIpc) is 2.89. The van der Waals surface area contributed by atoms with Crippen LogP contribution in [-0.4, -0.2) is 9.99 Å². The lowest BCUT2D eigenvalue weighted by atomic mass is 10.2. The zero-order chi connectivity index (χ0) is 12.2. The van der Waals surface area contributed by atoms with E-state index in [0.717, 1.165) is 17.9 Å². The van der Waals surface area contributed by atoms with Gasteiger partial charge in [-0.05, 0) is 17.7 Å². The van der Waals surface area contributed by atoms with E-state index in [4.69, 9.17) is 0 Å². The molecule has 4 nitrogen and oxygen atoms in total. The molecule has 0 aliphatic carbocycles. The van der Waals surface area contributed by atoms with Crippen molar-refractivity contribution in [2.75, 3.05) is 0 Å². The standard InChI is InChI=1S/C14H14N4/c1-2-6-12(7-3-1)10-18-11-14(16-17-18)13-8-4-5-9-15-13/h1-9,11,16-17H,10H2. The van der Waals surface area contributed by atoms with Gasteiger partial charge in [-0.15, -0.1) is 5.53 Å². The SMILES string of the molecule is C1=C(c2ccccn2)NNN1Cc1ccccc1. The van der Waals surface area contributed by atoms with Crippen LogP contribution in [0.5, 0.6) is 0 Å². The van der Waals surface area contributed by atoms with Crippen LogP contribution in [0, 0.1) is 0 Å². The maximum absolute atomic E-state index is 4.30. The summed E-state index contributed by atoms with van der Waals surface area (Å²) >= 11 is 0. The first-order valence-corrected chi connectivity index (χ1v) is 5.87. The van der Waals surface area contributed by atoms with E-state index < -0.39 is 0 Å². The number of hydrogen-bond donors (Lipinski definition) is 2. The fourth-order valence-electron chi connectivity index (χ4n) is 1.87. The zero-order valence-electron chi connectivity index (χ0n) is 9.88. The van der Waals surface area contributed by atoms with Gasteiger partial charge in [-0.1, -0.05) is 36.4 Å². The van der Waals surface area contributed by atoms with Crippen molar-refractivity contribution in [3.8, 4) is 0 Å². The van der Waals surface area contributed by atoms with Crippen LogP contribution in [0.1, 0.15) is 11.3 Å². The van der Waals surface area contributed by atoms with E-state index in [1.54, 1.807) is 6.20 Å². The molecule has 0 unspecified atom stereocenters. The third kappa shape index (κ3) is 2.33. The van der Waals surface area contributed by atoms with Gasteiger partial charge in [0.2, 0.25) is 0 Å². The van der Waals surface area contributed by atoms with Crippen LogP contribution in [0.2, 0.25) is 0 Å². The largest absolute Gasteiger partial charge is 0.300 e. The second-order valence-corrected chi connectivity index (χ2v) is 4.11. The second kappa shape index (κ2) is 4.89. The predicted octanol–water partition coefficient (Wildman–Crippen LogP) is 1.90.